The lowest BCUT2D eigenvalue weighted by molar-refractivity contribution is -0.359. The first-order valence-electron chi connectivity index (χ1n) is 40.7. The van der Waals surface area contributed by atoms with Gasteiger partial charge in [0.15, 0.2) is 12.6 Å². The molecule has 0 aromatic rings. The Kier molecular flexibility index (Phi) is 61.6. The van der Waals surface area contributed by atoms with Crippen molar-refractivity contribution in [3.63, 3.8) is 0 Å². The molecule has 12 unspecified atom stereocenters. The number of carbonyl (C=O) groups excluding carboxylic acids is 1. The summed E-state index contributed by atoms with van der Waals surface area (Å²) in [5.74, 6) is -0.198. The minimum Gasteiger partial charge on any atom is -0.394 e. The maximum absolute atomic E-state index is 13.4. The zero-order valence-corrected chi connectivity index (χ0v) is 61.4. The van der Waals surface area contributed by atoms with Gasteiger partial charge in [-0.25, -0.2) is 0 Å². The quantitative estimate of drug-likeness (QED) is 0.0204. The number of unbranched alkanes of at least 4 members (excludes halogenated alkanes) is 50. The van der Waals surface area contributed by atoms with Crippen LogP contribution in [0.2, 0.25) is 0 Å². The summed E-state index contributed by atoms with van der Waals surface area (Å²) >= 11 is 0. The van der Waals surface area contributed by atoms with Gasteiger partial charge < -0.3 is 65.1 Å². The molecule has 0 aromatic carbocycles. The molecule has 0 bridgehead atoms. The van der Waals surface area contributed by atoms with E-state index in [2.05, 4.69) is 55.6 Å². The Morgan fingerprint density at radius 1 is 0.379 bits per heavy atom. The molecule has 14 nitrogen and oxygen atoms in total. The second-order valence-corrected chi connectivity index (χ2v) is 28.9. The van der Waals surface area contributed by atoms with Gasteiger partial charge in [0, 0.05) is 6.42 Å². The number of aliphatic hydroxyl groups is 8. The number of nitrogens with one attached hydrogen (secondary N) is 1. The first kappa shape index (κ1) is 89.3. The predicted octanol–water partition coefficient (Wildman–Crippen LogP) is 18.4. The Hall–Kier alpha value is -1.79. The summed E-state index contributed by atoms with van der Waals surface area (Å²) in [5.41, 5.74) is 0. The number of hydrogen-bond donors (Lipinski definition) is 9. The normalized spacial score (nSPS) is 22.5. The van der Waals surface area contributed by atoms with Crippen molar-refractivity contribution in [3.8, 4) is 0 Å². The maximum atomic E-state index is 13.4. The molecule has 2 aliphatic rings. The minimum atomic E-state index is -1.78. The summed E-state index contributed by atoms with van der Waals surface area (Å²) in [6.45, 7) is 2.91. The van der Waals surface area contributed by atoms with Crippen LogP contribution in [-0.4, -0.2) is 140 Å². The predicted molar refractivity (Wildman–Crippen MR) is 392 cm³/mol. The van der Waals surface area contributed by atoms with E-state index in [4.69, 9.17) is 18.9 Å². The molecule has 0 spiro atoms. The summed E-state index contributed by atoms with van der Waals surface area (Å²) in [6, 6.07) is -0.827. The lowest BCUT2D eigenvalue weighted by atomic mass is 9.97. The lowest BCUT2D eigenvalue weighted by Crippen LogP contribution is -2.65. The number of rotatable bonds is 69. The lowest BCUT2D eigenvalue weighted by Gasteiger charge is -2.46. The van der Waals surface area contributed by atoms with Crippen molar-refractivity contribution in [2.45, 2.75) is 453 Å². The Balaban J connectivity index is 1.54. The fraction of sp³-hybridized carbons (Fsp3) is 0.914. The molecular weight excluding hydrogens is 1190 g/mol. The highest BCUT2D eigenvalue weighted by molar-refractivity contribution is 5.76. The van der Waals surface area contributed by atoms with E-state index in [1.54, 1.807) is 0 Å². The molecule has 2 saturated heterocycles. The molecular formula is C81H153NO13. The first-order chi connectivity index (χ1) is 46.6. The van der Waals surface area contributed by atoms with E-state index < -0.39 is 86.8 Å². The molecule has 2 fully saturated rings. The van der Waals surface area contributed by atoms with Gasteiger partial charge in [0.2, 0.25) is 5.91 Å². The summed E-state index contributed by atoms with van der Waals surface area (Å²) < 4.78 is 23.0. The molecule has 2 aliphatic heterocycles. The summed E-state index contributed by atoms with van der Waals surface area (Å²) in [6.07, 6.45) is 69.1. The molecule has 1 amide bonds. The van der Waals surface area contributed by atoms with Crippen molar-refractivity contribution in [1.29, 1.82) is 0 Å². The van der Waals surface area contributed by atoms with Crippen LogP contribution in [0.15, 0.2) is 36.5 Å². The van der Waals surface area contributed by atoms with Crippen LogP contribution < -0.4 is 5.32 Å². The van der Waals surface area contributed by atoms with Crippen molar-refractivity contribution in [1.82, 2.24) is 5.32 Å². The third-order valence-electron chi connectivity index (χ3n) is 20.1. The van der Waals surface area contributed by atoms with Gasteiger partial charge in [-0.3, -0.25) is 4.79 Å². The van der Waals surface area contributed by atoms with Gasteiger partial charge in [-0.2, -0.15) is 0 Å². The van der Waals surface area contributed by atoms with Crippen LogP contribution in [0, 0.1) is 0 Å². The average molecular weight is 1350 g/mol. The minimum absolute atomic E-state index is 0.198. The summed E-state index contributed by atoms with van der Waals surface area (Å²) in [5, 5.41) is 87.8. The third-order valence-corrected chi connectivity index (χ3v) is 20.1. The van der Waals surface area contributed by atoms with Crippen molar-refractivity contribution >= 4 is 5.91 Å². The molecule has 0 aromatic heterocycles. The topological polar surface area (TPSA) is 228 Å². The van der Waals surface area contributed by atoms with E-state index in [0.29, 0.717) is 12.8 Å². The number of aliphatic hydroxyl groups excluding tert-OH is 8. The number of ether oxygens (including phenoxy) is 4. The van der Waals surface area contributed by atoms with Crippen molar-refractivity contribution in [2.24, 2.45) is 0 Å². The third kappa shape index (κ3) is 48.6. The Bertz CT molecular complexity index is 1730. The van der Waals surface area contributed by atoms with E-state index in [1.807, 2.05) is 0 Å². The zero-order valence-electron chi connectivity index (χ0n) is 61.4. The fourth-order valence-electron chi connectivity index (χ4n) is 13.7. The van der Waals surface area contributed by atoms with Crippen LogP contribution >= 0.6 is 0 Å². The largest absolute Gasteiger partial charge is 0.394 e. The second kappa shape index (κ2) is 65.5. The van der Waals surface area contributed by atoms with E-state index >= 15 is 0 Å². The average Bonchev–Trinajstić information content (AvgIpc) is 0.897. The van der Waals surface area contributed by atoms with Gasteiger partial charge >= 0.3 is 0 Å². The molecule has 0 aliphatic carbocycles. The Labute approximate surface area is 582 Å². The Morgan fingerprint density at radius 3 is 1.06 bits per heavy atom. The van der Waals surface area contributed by atoms with Gasteiger partial charge in [0.1, 0.15) is 48.8 Å². The fourth-order valence-corrected chi connectivity index (χ4v) is 13.7. The zero-order chi connectivity index (χ0) is 68.7. The molecule has 12 atom stereocenters. The monoisotopic (exact) mass is 1350 g/mol. The SMILES string of the molecule is CCCCCCC/C=C\C/C=C\C/C=C\CCCCCCCCCCCCCCCCCCCCCCCCCCCCC(=O)NC(COC1OC(CO)C(OC2OC(CO)C(O)C(O)C2O)C(O)C1O)C(O)CCCCCCCCCCCCCCCCCCCCCC. The maximum Gasteiger partial charge on any atom is 0.220 e. The van der Waals surface area contributed by atoms with Crippen LogP contribution in [0.4, 0.5) is 0 Å². The number of amides is 1. The van der Waals surface area contributed by atoms with E-state index in [-0.39, 0.29) is 12.5 Å². The molecule has 95 heavy (non-hydrogen) atoms. The van der Waals surface area contributed by atoms with Gasteiger partial charge in [-0.15, -0.1) is 0 Å². The van der Waals surface area contributed by atoms with E-state index in [0.717, 1.165) is 64.2 Å². The highest BCUT2D eigenvalue weighted by atomic mass is 16.7. The number of hydrogen-bond acceptors (Lipinski definition) is 13. The van der Waals surface area contributed by atoms with Crippen LogP contribution in [0.3, 0.4) is 0 Å². The molecule has 2 rings (SSSR count). The van der Waals surface area contributed by atoms with Crippen molar-refractivity contribution in [3.05, 3.63) is 36.5 Å². The Morgan fingerprint density at radius 2 is 0.695 bits per heavy atom. The second-order valence-electron chi connectivity index (χ2n) is 28.9. The molecule has 560 valence electrons. The van der Waals surface area contributed by atoms with E-state index in [1.165, 1.54) is 289 Å². The first-order valence-corrected chi connectivity index (χ1v) is 40.7. The van der Waals surface area contributed by atoms with Gasteiger partial charge in [0.25, 0.3) is 0 Å². The van der Waals surface area contributed by atoms with Gasteiger partial charge in [-0.1, -0.05) is 359 Å². The summed E-state index contributed by atoms with van der Waals surface area (Å²) in [7, 11) is 0. The van der Waals surface area contributed by atoms with Crippen molar-refractivity contribution in [2.75, 3.05) is 19.8 Å². The van der Waals surface area contributed by atoms with Crippen LogP contribution in [0.25, 0.3) is 0 Å². The molecule has 0 radical (unpaired) electrons. The highest BCUT2D eigenvalue weighted by Crippen LogP contribution is 2.30. The van der Waals surface area contributed by atoms with Gasteiger partial charge in [0.05, 0.1) is 32.0 Å². The number of carbonyl (C=O) groups is 1. The van der Waals surface area contributed by atoms with E-state index in [9.17, 15) is 45.6 Å². The molecule has 2 heterocycles. The molecule has 9 N–H and O–H groups in total. The highest BCUT2D eigenvalue weighted by Gasteiger charge is 2.51. The van der Waals surface area contributed by atoms with Crippen LogP contribution in [0.1, 0.15) is 380 Å². The molecule has 0 saturated carbocycles. The van der Waals surface area contributed by atoms with Crippen LogP contribution in [-0.2, 0) is 23.7 Å². The van der Waals surface area contributed by atoms with Crippen LogP contribution in [0.5, 0.6) is 0 Å². The summed E-state index contributed by atoms with van der Waals surface area (Å²) in [4.78, 5) is 13.4. The smallest absolute Gasteiger partial charge is 0.220 e. The van der Waals surface area contributed by atoms with Gasteiger partial charge in [-0.05, 0) is 51.4 Å². The van der Waals surface area contributed by atoms with Crippen molar-refractivity contribution < 1.29 is 64.6 Å². The standard InChI is InChI=1S/C81H153NO13/c1-3-5-7-9-11-13-15-17-19-21-23-25-26-27-28-29-30-31-32-33-34-35-36-37-38-39-40-41-42-43-44-45-47-49-51-53-55-57-59-61-63-65-73(86)82-69(70(85)64-62-60-58-56-54-52-50-48-46-24-22-20-18-16-14-12-10-8-6-4-2)68-92-80-78(91)76(89)79(72(67-84)94-80)95-81-77(90)75(88)74(87)71(66-83)93-81/h15,17,21,23,26-27,69-72,74-81,83-85,87-91H,3-14,16,18-20,22,24-25,28-68H2,1-2H3,(H,82,86)/b17-15-,23-21-,27-26-. The number of allylic oxidation sites excluding steroid dienone is 6. The molecule has 14 heteroatoms.